The molecule has 0 radical (unpaired) electrons. The maximum atomic E-state index is 13.2. The molecule has 1 aliphatic heterocycles. The molecule has 114 valence electrons. The molecule has 0 bridgehead atoms. The third-order valence-corrected chi connectivity index (χ3v) is 3.55. The Hall–Kier alpha value is -1.98. The molecule has 1 heterocycles. The lowest BCUT2D eigenvalue weighted by atomic mass is 10.1. The largest absolute Gasteiger partial charge is 0.339 e. The first-order valence-corrected chi connectivity index (χ1v) is 7.05. The number of halogens is 2. The van der Waals surface area contributed by atoms with Crippen molar-refractivity contribution in [3.8, 4) is 0 Å². The molecule has 6 heteroatoms. The normalized spacial score (nSPS) is 15.2. The number of carbonyl (C=O) groups excluding carboxylic acids is 2. The quantitative estimate of drug-likeness (QED) is 0.856. The van der Waals surface area contributed by atoms with Gasteiger partial charge in [-0.3, -0.25) is 9.59 Å². The van der Waals surface area contributed by atoms with E-state index in [2.05, 4.69) is 0 Å². The second kappa shape index (κ2) is 6.65. The Morgan fingerprint density at radius 3 is 2.24 bits per heavy atom. The number of carbonyl (C=O) groups is 2. The highest BCUT2D eigenvalue weighted by Crippen LogP contribution is 2.13. The monoisotopic (exact) mass is 296 g/mol. The molecule has 1 saturated heterocycles. The van der Waals surface area contributed by atoms with Crippen molar-refractivity contribution in [1.29, 1.82) is 0 Å². The van der Waals surface area contributed by atoms with Crippen molar-refractivity contribution >= 4 is 11.8 Å². The Morgan fingerprint density at radius 1 is 1.05 bits per heavy atom. The van der Waals surface area contributed by atoms with Gasteiger partial charge in [0.25, 0.3) is 5.91 Å². The molecule has 0 unspecified atom stereocenters. The summed E-state index contributed by atoms with van der Waals surface area (Å²) in [6.07, 6.45) is 1.31. The van der Waals surface area contributed by atoms with Crippen molar-refractivity contribution in [3.63, 3.8) is 0 Å². The first kappa shape index (κ1) is 15.4. The van der Waals surface area contributed by atoms with Gasteiger partial charge in [-0.2, -0.15) is 0 Å². The summed E-state index contributed by atoms with van der Waals surface area (Å²) < 4.78 is 26.0. The van der Waals surface area contributed by atoms with E-state index in [1.807, 2.05) is 6.92 Å². The molecule has 0 atom stereocenters. The van der Waals surface area contributed by atoms with Crippen LogP contribution in [0.15, 0.2) is 18.2 Å². The van der Waals surface area contributed by atoms with E-state index in [1.54, 1.807) is 9.80 Å². The fourth-order valence-corrected chi connectivity index (χ4v) is 2.34. The number of benzene rings is 1. The maximum absolute atomic E-state index is 13.2. The second-order valence-electron chi connectivity index (χ2n) is 5.05. The van der Waals surface area contributed by atoms with Crippen LogP contribution < -0.4 is 0 Å². The van der Waals surface area contributed by atoms with Crippen molar-refractivity contribution in [2.24, 2.45) is 0 Å². The van der Waals surface area contributed by atoms with Crippen LogP contribution in [0.5, 0.6) is 0 Å². The lowest BCUT2D eigenvalue weighted by Gasteiger charge is -2.34. The van der Waals surface area contributed by atoms with Gasteiger partial charge in [-0.15, -0.1) is 0 Å². The van der Waals surface area contributed by atoms with Gasteiger partial charge in [-0.05, 0) is 24.6 Å². The van der Waals surface area contributed by atoms with E-state index in [-0.39, 0.29) is 17.4 Å². The van der Waals surface area contributed by atoms with Crippen LogP contribution in [0.2, 0.25) is 0 Å². The van der Waals surface area contributed by atoms with E-state index in [9.17, 15) is 18.4 Å². The Morgan fingerprint density at radius 2 is 1.67 bits per heavy atom. The van der Waals surface area contributed by atoms with Crippen LogP contribution in [-0.4, -0.2) is 47.8 Å². The second-order valence-corrected chi connectivity index (χ2v) is 5.05. The predicted molar refractivity (Wildman–Crippen MR) is 73.7 cm³/mol. The van der Waals surface area contributed by atoms with Crippen molar-refractivity contribution < 1.29 is 18.4 Å². The van der Waals surface area contributed by atoms with Crippen LogP contribution in [0.3, 0.4) is 0 Å². The number of nitrogens with zero attached hydrogens (tertiary/aromatic N) is 2. The van der Waals surface area contributed by atoms with Crippen LogP contribution in [0.1, 0.15) is 30.1 Å². The van der Waals surface area contributed by atoms with Gasteiger partial charge < -0.3 is 9.80 Å². The third kappa shape index (κ3) is 3.56. The average Bonchev–Trinajstić information content (AvgIpc) is 2.50. The summed E-state index contributed by atoms with van der Waals surface area (Å²) in [5, 5.41) is 0. The molecular weight excluding hydrogens is 278 g/mol. The van der Waals surface area contributed by atoms with Gasteiger partial charge in [0.05, 0.1) is 0 Å². The number of amides is 2. The van der Waals surface area contributed by atoms with Gasteiger partial charge in [0.1, 0.15) is 0 Å². The number of hydrogen-bond acceptors (Lipinski definition) is 2. The van der Waals surface area contributed by atoms with Gasteiger partial charge in [0.2, 0.25) is 5.91 Å². The molecule has 21 heavy (non-hydrogen) atoms. The van der Waals surface area contributed by atoms with Crippen LogP contribution in [0, 0.1) is 11.6 Å². The van der Waals surface area contributed by atoms with Crippen molar-refractivity contribution in [3.05, 3.63) is 35.4 Å². The SMILES string of the molecule is CCCC(=O)N1CCN(C(=O)c2ccc(F)c(F)c2)CC1. The molecule has 2 amide bonds. The van der Waals surface area contributed by atoms with Gasteiger partial charge in [-0.1, -0.05) is 6.92 Å². The van der Waals surface area contributed by atoms with E-state index in [1.165, 1.54) is 6.07 Å². The highest BCUT2D eigenvalue weighted by Gasteiger charge is 2.24. The molecule has 1 aliphatic rings. The summed E-state index contributed by atoms with van der Waals surface area (Å²) in [5.41, 5.74) is 0.127. The minimum Gasteiger partial charge on any atom is -0.339 e. The first-order valence-electron chi connectivity index (χ1n) is 7.05. The van der Waals surface area contributed by atoms with Crippen molar-refractivity contribution in [1.82, 2.24) is 9.80 Å². The lowest BCUT2D eigenvalue weighted by molar-refractivity contribution is -0.132. The third-order valence-electron chi connectivity index (χ3n) is 3.55. The standard InChI is InChI=1S/C15H18F2N2O2/c1-2-3-14(20)18-6-8-19(9-7-18)15(21)11-4-5-12(16)13(17)10-11/h4-5,10H,2-3,6-9H2,1H3. The number of piperazine rings is 1. The topological polar surface area (TPSA) is 40.6 Å². The molecule has 4 nitrogen and oxygen atoms in total. The van der Waals surface area contributed by atoms with E-state index in [0.717, 1.165) is 18.6 Å². The van der Waals surface area contributed by atoms with Crippen LogP contribution in [0.4, 0.5) is 8.78 Å². The van der Waals surface area contributed by atoms with Gasteiger partial charge in [0, 0.05) is 38.2 Å². The van der Waals surface area contributed by atoms with E-state index in [4.69, 9.17) is 0 Å². The molecule has 1 aromatic carbocycles. The summed E-state index contributed by atoms with van der Waals surface area (Å²) in [7, 11) is 0. The molecule has 0 aliphatic carbocycles. The zero-order valence-electron chi connectivity index (χ0n) is 11.9. The van der Waals surface area contributed by atoms with Gasteiger partial charge in [0.15, 0.2) is 11.6 Å². The molecule has 1 fully saturated rings. The first-order chi connectivity index (χ1) is 10.0. The molecule has 0 aromatic heterocycles. The van der Waals surface area contributed by atoms with Gasteiger partial charge >= 0.3 is 0 Å². The van der Waals surface area contributed by atoms with E-state index >= 15 is 0 Å². The number of rotatable bonds is 3. The molecule has 0 saturated carbocycles. The lowest BCUT2D eigenvalue weighted by Crippen LogP contribution is -2.50. The highest BCUT2D eigenvalue weighted by molar-refractivity contribution is 5.94. The van der Waals surface area contributed by atoms with E-state index < -0.39 is 11.6 Å². The molecule has 0 spiro atoms. The molecule has 1 aromatic rings. The van der Waals surface area contributed by atoms with Crippen LogP contribution in [0.25, 0.3) is 0 Å². The minimum absolute atomic E-state index is 0.0948. The van der Waals surface area contributed by atoms with Crippen molar-refractivity contribution in [2.45, 2.75) is 19.8 Å². The summed E-state index contributed by atoms with van der Waals surface area (Å²) in [6, 6.07) is 3.13. The summed E-state index contributed by atoms with van der Waals surface area (Å²) in [5.74, 6) is -2.24. The fourth-order valence-electron chi connectivity index (χ4n) is 2.34. The summed E-state index contributed by atoms with van der Waals surface area (Å²) in [6.45, 7) is 3.73. The highest BCUT2D eigenvalue weighted by atomic mass is 19.2. The van der Waals surface area contributed by atoms with E-state index in [0.29, 0.717) is 32.6 Å². The summed E-state index contributed by atoms with van der Waals surface area (Å²) >= 11 is 0. The van der Waals surface area contributed by atoms with Crippen LogP contribution >= 0.6 is 0 Å². The summed E-state index contributed by atoms with van der Waals surface area (Å²) in [4.78, 5) is 27.2. The van der Waals surface area contributed by atoms with Crippen molar-refractivity contribution in [2.75, 3.05) is 26.2 Å². The Balaban J connectivity index is 1.97. The zero-order valence-corrected chi connectivity index (χ0v) is 11.9. The fraction of sp³-hybridized carbons (Fsp3) is 0.467. The van der Waals surface area contributed by atoms with Gasteiger partial charge in [-0.25, -0.2) is 8.78 Å². The Kier molecular flexibility index (Phi) is 4.88. The minimum atomic E-state index is -1.03. The van der Waals surface area contributed by atoms with Crippen LogP contribution in [-0.2, 0) is 4.79 Å². The predicted octanol–water partition coefficient (Wildman–Crippen LogP) is 2.05. The molecule has 2 rings (SSSR count). The smallest absolute Gasteiger partial charge is 0.254 e. The molecule has 0 N–H and O–H groups in total. The average molecular weight is 296 g/mol. The molecular formula is C15H18F2N2O2. The Labute approximate surface area is 122 Å². The zero-order chi connectivity index (χ0) is 15.4. The number of hydrogen-bond donors (Lipinski definition) is 0. The Bertz CT molecular complexity index is 540. The maximum Gasteiger partial charge on any atom is 0.254 e.